The molecular formula is C13H21N5S. The number of nitrogens with zero attached hydrogens (tertiary/aromatic N) is 4. The summed E-state index contributed by atoms with van der Waals surface area (Å²) in [5, 5.41) is 17.8. The summed E-state index contributed by atoms with van der Waals surface area (Å²) in [6.45, 7) is 4.28. The Labute approximate surface area is 117 Å². The Morgan fingerprint density at radius 2 is 1.95 bits per heavy atom. The first-order chi connectivity index (χ1) is 9.12. The number of aromatic nitrogens is 4. The number of fused-ring (bicyclic) bond motifs is 1. The highest BCUT2D eigenvalue weighted by molar-refractivity contribution is 7.16. The molecule has 0 spiro atoms. The third-order valence-corrected chi connectivity index (χ3v) is 5.37. The zero-order valence-electron chi connectivity index (χ0n) is 11.8. The lowest BCUT2D eigenvalue weighted by molar-refractivity contribution is 0.415. The molecule has 0 amide bonds. The van der Waals surface area contributed by atoms with E-state index in [-0.39, 0.29) is 5.54 Å². The van der Waals surface area contributed by atoms with Gasteiger partial charge in [0.2, 0.25) is 4.96 Å². The van der Waals surface area contributed by atoms with Crippen LogP contribution in [-0.2, 0) is 5.54 Å². The fourth-order valence-corrected chi connectivity index (χ4v) is 3.56. The maximum atomic E-state index is 4.74. The van der Waals surface area contributed by atoms with Gasteiger partial charge in [0.05, 0.1) is 5.54 Å². The highest BCUT2D eigenvalue weighted by Gasteiger charge is 2.27. The monoisotopic (exact) mass is 279 g/mol. The van der Waals surface area contributed by atoms with E-state index in [1.165, 1.54) is 32.1 Å². The molecule has 5 nitrogen and oxygen atoms in total. The smallest absolute Gasteiger partial charge is 0.234 e. The van der Waals surface area contributed by atoms with Gasteiger partial charge in [-0.25, -0.2) is 0 Å². The largest absolute Gasteiger partial charge is 0.309 e. The quantitative estimate of drug-likeness (QED) is 0.938. The lowest BCUT2D eigenvalue weighted by Gasteiger charge is -2.20. The van der Waals surface area contributed by atoms with E-state index in [0.717, 1.165) is 15.8 Å². The molecule has 0 aliphatic heterocycles. The van der Waals surface area contributed by atoms with Gasteiger partial charge in [0.15, 0.2) is 5.82 Å². The zero-order chi connectivity index (χ0) is 13.5. The van der Waals surface area contributed by atoms with Gasteiger partial charge in [0, 0.05) is 5.92 Å². The van der Waals surface area contributed by atoms with E-state index in [2.05, 4.69) is 29.4 Å². The first-order valence-corrected chi connectivity index (χ1v) is 7.85. The fourth-order valence-electron chi connectivity index (χ4n) is 2.61. The van der Waals surface area contributed by atoms with Crippen LogP contribution in [0.25, 0.3) is 4.96 Å². The molecule has 0 atom stereocenters. The van der Waals surface area contributed by atoms with Gasteiger partial charge in [-0.1, -0.05) is 30.6 Å². The van der Waals surface area contributed by atoms with E-state index in [1.807, 2.05) is 11.6 Å². The van der Waals surface area contributed by atoms with Crippen LogP contribution in [-0.4, -0.2) is 26.9 Å². The molecule has 6 heteroatoms. The van der Waals surface area contributed by atoms with Crippen molar-refractivity contribution in [3.8, 4) is 0 Å². The summed E-state index contributed by atoms with van der Waals surface area (Å²) in [6.07, 6.45) is 6.41. The minimum Gasteiger partial charge on any atom is -0.309 e. The molecule has 0 radical (unpaired) electrons. The fraction of sp³-hybridized carbons (Fsp3) is 0.769. The number of hydrogen-bond donors (Lipinski definition) is 1. The van der Waals surface area contributed by atoms with E-state index < -0.39 is 0 Å². The van der Waals surface area contributed by atoms with Crippen molar-refractivity contribution in [3.05, 3.63) is 10.8 Å². The molecule has 0 bridgehead atoms. The molecule has 1 fully saturated rings. The van der Waals surface area contributed by atoms with Crippen LogP contribution in [0.1, 0.15) is 62.7 Å². The number of rotatable bonds is 3. The summed E-state index contributed by atoms with van der Waals surface area (Å²) in [5.41, 5.74) is -0.116. The van der Waals surface area contributed by atoms with E-state index in [0.29, 0.717) is 5.92 Å². The van der Waals surface area contributed by atoms with Crippen LogP contribution in [0.4, 0.5) is 0 Å². The molecule has 0 aromatic carbocycles. The predicted octanol–water partition coefficient (Wildman–Crippen LogP) is 2.69. The summed E-state index contributed by atoms with van der Waals surface area (Å²) in [5.74, 6) is 1.60. The SMILES string of the molecule is CNC(C)(C)c1nn2c(C3CCCCC3)nnc2s1. The van der Waals surface area contributed by atoms with E-state index in [1.54, 1.807) is 11.3 Å². The molecule has 2 heterocycles. The Kier molecular flexibility index (Phi) is 3.30. The van der Waals surface area contributed by atoms with E-state index >= 15 is 0 Å². The molecule has 0 saturated heterocycles. The molecular weight excluding hydrogens is 258 g/mol. The highest BCUT2D eigenvalue weighted by atomic mass is 32.1. The first-order valence-electron chi connectivity index (χ1n) is 7.03. The Morgan fingerprint density at radius 3 is 2.63 bits per heavy atom. The molecule has 1 saturated carbocycles. The molecule has 1 aliphatic rings. The molecule has 1 N–H and O–H groups in total. The van der Waals surface area contributed by atoms with Crippen LogP contribution in [0, 0.1) is 0 Å². The van der Waals surface area contributed by atoms with Crippen molar-refractivity contribution in [2.75, 3.05) is 7.05 Å². The van der Waals surface area contributed by atoms with Crippen LogP contribution in [0.5, 0.6) is 0 Å². The summed E-state index contributed by atoms with van der Waals surface area (Å²) >= 11 is 1.63. The highest BCUT2D eigenvalue weighted by Crippen LogP contribution is 2.33. The maximum absolute atomic E-state index is 4.74. The normalized spacial score (nSPS) is 18.3. The third-order valence-electron chi connectivity index (χ3n) is 4.14. The molecule has 2 aromatic heterocycles. The average Bonchev–Trinajstić information content (AvgIpc) is 2.99. The topological polar surface area (TPSA) is 55.1 Å². The van der Waals surface area contributed by atoms with Crippen LogP contribution >= 0.6 is 11.3 Å². The number of hydrogen-bond acceptors (Lipinski definition) is 5. The zero-order valence-corrected chi connectivity index (χ0v) is 12.6. The van der Waals surface area contributed by atoms with Gasteiger partial charge < -0.3 is 5.32 Å². The molecule has 1 aliphatic carbocycles. The second-order valence-corrected chi connectivity index (χ2v) is 6.83. The Balaban J connectivity index is 1.98. The molecule has 104 valence electrons. The van der Waals surface area contributed by atoms with Crippen molar-refractivity contribution in [1.29, 1.82) is 0 Å². The van der Waals surface area contributed by atoms with Crippen molar-refractivity contribution in [2.45, 2.75) is 57.4 Å². The predicted molar refractivity (Wildman–Crippen MR) is 76.6 cm³/mol. The van der Waals surface area contributed by atoms with Crippen LogP contribution < -0.4 is 5.32 Å². The Morgan fingerprint density at radius 1 is 1.21 bits per heavy atom. The second kappa shape index (κ2) is 4.83. The van der Waals surface area contributed by atoms with Gasteiger partial charge in [-0.2, -0.15) is 9.61 Å². The van der Waals surface area contributed by atoms with Crippen molar-refractivity contribution in [2.24, 2.45) is 0 Å². The molecule has 19 heavy (non-hydrogen) atoms. The standard InChI is InChI=1S/C13H21N5S/c1-13(2,14-3)11-17-18-10(15-16-12(18)19-11)9-7-5-4-6-8-9/h9,14H,4-8H2,1-3H3. The van der Waals surface area contributed by atoms with Crippen molar-refractivity contribution in [1.82, 2.24) is 25.1 Å². The van der Waals surface area contributed by atoms with Gasteiger partial charge in [-0.15, -0.1) is 10.2 Å². The molecule has 0 unspecified atom stereocenters. The molecule has 2 aromatic rings. The summed E-state index contributed by atoms with van der Waals surface area (Å²) < 4.78 is 1.97. The summed E-state index contributed by atoms with van der Waals surface area (Å²) in [7, 11) is 1.96. The van der Waals surface area contributed by atoms with Crippen molar-refractivity contribution >= 4 is 16.3 Å². The van der Waals surface area contributed by atoms with Gasteiger partial charge in [0.25, 0.3) is 0 Å². The van der Waals surface area contributed by atoms with Crippen molar-refractivity contribution < 1.29 is 0 Å². The van der Waals surface area contributed by atoms with Crippen LogP contribution in [0.15, 0.2) is 0 Å². The lowest BCUT2D eigenvalue weighted by Crippen LogP contribution is -2.33. The van der Waals surface area contributed by atoms with E-state index in [4.69, 9.17) is 5.10 Å². The van der Waals surface area contributed by atoms with Gasteiger partial charge in [-0.3, -0.25) is 0 Å². The van der Waals surface area contributed by atoms with Gasteiger partial charge in [-0.05, 0) is 33.7 Å². The third kappa shape index (κ3) is 2.27. The van der Waals surface area contributed by atoms with Gasteiger partial charge >= 0.3 is 0 Å². The maximum Gasteiger partial charge on any atom is 0.234 e. The minimum atomic E-state index is -0.116. The van der Waals surface area contributed by atoms with Crippen LogP contribution in [0.2, 0.25) is 0 Å². The Bertz CT molecular complexity index is 565. The number of nitrogens with one attached hydrogen (secondary N) is 1. The summed E-state index contributed by atoms with van der Waals surface area (Å²) in [6, 6.07) is 0. The Hall–Kier alpha value is -1.01. The minimum absolute atomic E-state index is 0.116. The van der Waals surface area contributed by atoms with Crippen LogP contribution in [0.3, 0.4) is 0 Å². The van der Waals surface area contributed by atoms with Crippen molar-refractivity contribution in [3.63, 3.8) is 0 Å². The van der Waals surface area contributed by atoms with Gasteiger partial charge in [0.1, 0.15) is 5.01 Å². The van der Waals surface area contributed by atoms with E-state index in [9.17, 15) is 0 Å². The summed E-state index contributed by atoms with van der Waals surface area (Å²) in [4.78, 5) is 0.916. The molecule has 3 rings (SSSR count). The lowest BCUT2D eigenvalue weighted by atomic mass is 9.89. The first kappa shape index (κ1) is 13.0. The average molecular weight is 279 g/mol. The second-order valence-electron chi connectivity index (χ2n) is 5.87.